The molecule has 0 saturated heterocycles. The molecule has 5 aromatic rings. The smallest absolute Gasteiger partial charge is 0.119 e. The van der Waals surface area contributed by atoms with Crippen molar-refractivity contribution in [2.24, 2.45) is 7.05 Å². The molecule has 170 valence electrons. The molecule has 2 heteroatoms. The molecule has 0 spiro atoms. The largest absolute Gasteiger partial charge is 0.497 e. The Morgan fingerprint density at radius 2 is 1.17 bits per heavy atom. The standard InChI is InChI=1S/C33H27NO/c1-34-22-30(29-20-26(35-2)18-19-31(29)34)33-28(24-14-8-4-9-15-24)21-27(23-12-6-3-7-13-23)32(33)25-16-10-5-11-17-25/h3-20,22H,21H2,1-2H3. The minimum Gasteiger partial charge on any atom is -0.497 e. The van der Waals surface area contributed by atoms with Crippen LogP contribution in [0.3, 0.4) is 0 Å². The Morgan fingerprint density at radius 3 is 1.74 bits per heavy atom. The number of allylic oxidation sites excluding steroid dienone is 4. The second kappa shape index (κ2) is 8.81. The van der Waals surface area contributed by atoms with E-state index >= 15 is 0 Å². The molecule has 2 nitrogen and oxygen atoms in total. The minimum atomic E-state index is 0.873. The van der Waals surface area contributed by atoms with Crippen molar-refractivity contribution < 1.29 is 4.74 Å². The summed E-state index contributed by atoms with van der Waals surface area (Å²) in [7, 11) is 3.86. The molecule has 0 amide bonds. The first-order chi connectivity index (χ1) is 17.2. The molecule has 0 fully saturated rings. The summed E-state index contributed by atoms with van der Waals surface area (Å²) in [6.07, 6.45) is 3.16. The van der Waals surface area contributed by atoms with Crippen molar-refractivity contribution in [3.05, 3.63) is 138 Å². The van der Waals surface area contributed by atoms with Gasteiger partial charge in [0.05, 0.1) is 7.11 Å². The number of hydrogen-bond donors (Lipinski definition) is 0. The van der Waals surface area contributed by atoms with E-state index in [0.717, 1.165) is 12.2 Å². The number of methoxy groups -OCH3 is 1. The summed E-state index contributed by atoms with van der Waals surface area (Å²) >= 11 is 0. The number of aromatic nitrogens is 1. The summed E-state index contributed by atoms with van der Waals surface area (Å²) in [6.45, 7) is 0. The van der Waals surface area contributed by atoms with Crippen LogP contribution in [0.1, 0.15) is 28.7 Å². The first-order valence-electron chi connectivity index (χ1n) is 12.0. The van der Waals surface area contributed by atoms with Gasteiger partial charge >= 0.3 is 0 Å². The molecule has 35 heavy (non-hydrogen) atoms. The molecular formula is C33H27NO. The Kier molecular flexibility index (Phi) is 5.35. The van der Waals surface area contributed by atoms with Crippen LogP contribution in [0.5, 0.6) is 5.75 Å². The van der Waals surface area contributed by atoms with Crippen molar-refractivity contribution in [2.45, 2.75) is 6.42 Å². The Hall–Kier alpha value is -4.30. The van der Waals surface area contributed by atoms with Crippen LogP contribution in [0, 0.1) is 0 Å². The molecule has 0 aliphatic heterocycles. The van der Waals surface area contributed by atoms with Gasteiger partial charge in [-0.3, -0.25) is 0 Å². The highest BCUT2D eigenvalue weighted by molar-refractivity contribution is 6.29. The quantitative estimate of drug-likeness (QED) is 0.262. The molecule has 0 saturated carbocycles. The molecule has 0 bridgehead atoms. The van der Waals surface area contributed by atoms with Crippen LogP contribution in [0.4, 0.5) is 0 Å². The SMILES string of the molecule is COc1ccc2c(c1)c(C1=C(c3ccccc3)CC(c3ccccc3)=C1c1ccccc1)cn2C. The number of ether oxygens (including phenoxy) is 1. The lowest BCUT2D eigenvalue weighted by atomic mass is 9.89. The van der Waals surface area contributed by atoms with Crippen molar-refractivity contribution in [3.8, 4) is 5.75 Å². The van der Waals surface area contributed by atoms with Gasteiger partial charge in [-0.2, -0.15) is 0 Å². The average Bonchev–Trinajstić information content (AvgIpc) is 3.48. The zero-order chi connectivity index (χ0) is 23.8. The fourth-order valence-corrected chi connectivity index (χ4v) is 5.34. The van der Waals surface area contributed by atoms with Gasteiger partial charge in [0, 0.05) is 29.7 Å². The third-order valence-electron chi connectivity index (χ3n) is 6.98. The van der Waals surface area contributed by atoms with Crippen LogP contribution in [0.25, 0.3) is 33.2 Å². The molecule has 1 heterocycles. The van der Waals surface area contributed by atoms with Gasteiger partial charge in [0.2, 0.25) is 0 Å². The Balaban J connectivity index is 1.71. The second-order valence-electron chi connectivity index (χ2n) is 9.02. The highest BCUT2D eigenvalue weighted by atomic mass is 16.5. The average molecular weight is 454 g/mol. The van der Waals surface area contributed by atoms with Gasteiger partial charge in [0.15, 0.2) is 0 Å². The van der Waals surface area contributed by atoms with Crippen LogP contribution >= 0.6 is 0 Å². The molecule has 1 aromatic heterocycles. The second-order valence-corrected chi connectivity index (χ2v) is 9.02. The van der Waals surface area contributed by atoms with E-state index in [1.165, 1.54) is 55.4 Å². The van der Waals surface area contributed by atoms with Gasteiger partial charge < -0.3 is 9.30 Å². The summed E-state index contributed by atoms with van der Waals surface area (Å²) in [6, 6.07) is 38.8. The predicted molar refractivity (Wildman–Crippen MR) is 147 cm³/mol. The van der Waals surface area contributed by atoms with E-state index in [1.807, 2.05) is 6.07 Å². The number of aryl methyl sites for hydroxylation is 1. The van der Waals surface area contributed by atoms with Crippen molar-refractivity contribution in [2.75, 3.05) is 7.11 Å². The highest BCUT2D eigenvalue weighted by Crippen LogP contribution is 2.53. The number of hydrogen-bond acceptors (Lipinski definition) is 1. The summed E-state index contributed by atoms with van der Waals surface area (Å²) in [5.74, 6) is 0.873. The van der Waals surface area contributed by atoms with E-state index in [-0.39, 0.29) is 0 Å². The number of fused-ring (bicyclic) bond motifs is 1. The monoisotopic (exact) mass is 453 g/mol. The van der Waals surface area contributed by atoms with Gasteiger partial charge in [-0.1, -0.05) is 91.0 Å². The third-order valence-corrected chi connectivity index (χ3v) is 6.98. The number of rotatable bonds is 5. The fraction of sp³-hybridized carbons (Fsp3) is 0.0909. The van der Waals surface area contributed by atoms with E-state index < -0.39 is 0 Å². The van der Waals surface area contributed by atoms with Crippen molar-refractivity contribution in [3.63, 3.8) is 0 Å². The topological polar surface area (TPSA) is 14.2 Å². The van der Waals surface area contributed by atoms with E-state index in [4.69, 9.17) is 4.74 Å². The maximum atomic E-state index is 5.63. The van der Waals surface area contributed by atoms with Crippen molar-refractivity contribution >= 4 is 33.2 Å². The van der Waals surface area contributed by atoms with E-state index in [0.29, 0.717) is 0 Å². The Labute approximate surface area is 206 Å². The molecule has 0 N–H and O–H groups in total. The first kappa shape index (κ1) is 21.2. The van der Waals surface area contributed by atoms with Crippen LogP contribution < -0.4 is 4.74 Å². The van der Waals surface area contributed by atoms with E-state index in [2.05, 4.69) is 121 Å². The minimum absolute atomic E-state index is 0.873. The molecule has 1 aliphatic rings. The van der Waals surface area contributed by atoms with Gasteiger partial charge in [-0.05, 0) is 63.6 Å². The summed E-state index contributed by atoms with van der Waals surface area (Å²) in [4.78, 5) is 0. The lowest BCUT2D eigenvalue weighted by Crippen LogP contribution is -1.92. The van der Waals surface area contributed by atoms with Crippen LogP contribution in [0.15, 0.2) is 115 Å². The Morgan fingerprint density at radius 1 is 0.629 bits per heavy atom. The van der Waals surface area contributed by atoms with Crippen LogP contribution in [-0.2, 0) is 7.05 Å². The normalized spacial score (nSPS) is 13.7. The van der Waals surface area contributed by atoms with Crippen molar-refractivity contribution in [1.82, 2.24) is 4.57 Å². The van der Waals surface area contributed by atoms with Crippen molar-refractivity contribution in [1.29, 1.82) is 0 Å². The third kappa shape index (κ3) is 3.68. The van der Waals surface area contributed by atoms with Crippen LogP contribution in [-0.4, -0.2) is 11.7 Å². The molecule has 4 aromatic carbocycles. The van der Waals surface area contributed by atoms with Gasteiger partial charge in [0.1, 0.15) is 5.75 Å². The maximum Gasteiger partial charge on any atom is 0.119 e. The van der Waals surface area contributed by atoms with Gasteiger partial charge in [0.25, 0.3) is 0 Å². The van der Waals surface area contributed by atoms with E-state index in [9.17, 15) is 0 Å². The molecule has 6 rings (SSSR count). The predicted octanol–water partition coefficient (Wildman–Crippen LogP) is 8.11. The molecule has 0 radical (unpaired) electrons. The molecule has 1 aliphatic carbocycles. The molecule has 0 unspecified atom stereocenters. The summed E-state index contributed by atoms with van der Waals surface area (Å²) < 4.78 is 7.85. The maximum absolute atomic E-state index is 5.63. The lowest BCUT2D eigenvalue weighted by Gasteiger charge is -2.14. The van der Waals surface area contributed by atoms with E-state index in [1.54, 1.807) is 7.11 Å². The lowest BCUT2D eigenvalue weighted by molar-refractivity contribution is 0.415. The molecular weight excluding hydrogens is 426 g/mol. The number of benzene rings is 4. The Bertz CT molecular complexity index is 1570. The number of nitrogens with zero attached hydrogens (tertiary/aromatic N) is 1. The molecule has 0 atom stereocenters. The highest BCUT2D eigenvalue weighted by Gasteiger charge is 2.30. The summed E-state index contributed by atoms with van der Waals surface area (Å²) in [5.41, 5.74) is 11.6. The summed E-state index contributed by atoms with van der Waals surface area (Å²) in [5, 5.41) is 1.21. The zero-order valence-electron chi connectivity index (χ0n) is 20.0. The van der Waals surface area contributed by atoms with Crippen LogP contribution in [0.2, 0.25) is 0 Å². The first-order valence-corrected chi connectivity index (χ1v) is 12.0. The van der Waals surface area contributed by atoms with Gasteiger partial charge in [-0.15, -0.1) is 0 Å². The zero-order valence-corrected chi connectivity index (χ0v) is 20.0. The van der Waals surface area contributed by atoms with Gasteiger partial charge in [-0.25, -0.2) is 0 Å². The fourth-order valence-electron chi connectivity index (χ4n) is 5.34.